The van der Waals surface area contributed by atoms with Crippen LogP contribution in [0.25, 0.3) is 0 Å². The number of hydrogen-bond acceptors (Lipinski definition) is 1. The number of rotatable bonds is 3. The zero-order chi connectivity index (χ0) is 11.5. The Hall–Kier alpha value is -1.09. The summed E-state index contributed by atoms with van der Waals surface area (Å²) in [5.74, 6) is 0. The highest BCUT2D eigenvalue weighted by atomic mass is 32.1. The lowest BCUT2D eigenvalue weighted by atomic mass is 10.0. The van der Waals surface area contributed by atoms with Crippen LogP contribution in [0.4, 0.5) is 0 Å². The first kappa shape index (κ1) is 11.4. The van der Waals surface area contributed by atoms with Gasteiger partial charge >= 0.3 is 0 Å². The maximum Gasteiger partial charge on any atom is 0.166 e. The molecule has 0 radical (unpaired) electrons. The Morgan fingerprint density at radius 2 is 2.06 bits per heavy atom. The van der Waals surface area contributed by atoms with Crippen molar-refractivity contribution in [1.82, 2.24) is 10.6 Å². The van der Waals surface area contributed by atoms with Gasteiger partial charge in [-0.1, -0.05) is 24.3 Å². The van der Waals surface area contributed by atoms with Crippen molar-refractivity contribution in [2.45, 2.75) is 38.8 Å². The summed E-state index contributed by atoms with van der Waals surface area (Å²) < 4.78 is 0. The third-order valence-corrected chi connectivity index (χ3v) is 3.15. The molecule has 0 saturated heterocycles. The van der Waals surface area contributed by atoms with Crippen LogP contribution in [0.3, 0.4) is 0 Å². The molecule has 0 aliphatic heterocycles. The molecule has 0 amide bonds. The second-order valence-corrected chi connectivity index (χ2v) is 4.88. The van der Waals surface area contributed by atoms with Gasteiger partial charge in [0, 0.05) is 6.04 Å². The van der Waals surface area contributed by atoms with Crippen molar-refractivity contribution in [1.29, 1.82) is 0 Å². The molecule has 0 spiro atoms. The normalized spacial score (nSPS) is 16.6. The first-order valence-corrected chi connectivity index (χ1v) is 6.20. The number of thiocarbonyl (C=S) groups is 1. The molecule has 1 aromatic carbocycles. The van der Waals surface area contributed by atoms with Gasteiger partial charge in [-0.05, 0) is 50.0 Å². The molecule has 1 aliphatic carbocycles. The van der Waals surface area contributed by atoms with Gasteiger partial charge in [0.25, 0.3) is 0 Å². The van der Waals surface area contributed by atoms with Crippen LogP contribution < -0.4 is 10.6 Å². The number of benzene rings is 1. The minimum Gasteiger partial charge on any atom is -0.360 e. The van der Waals surface area contributed by atoms with E-state index >= 15 is 0 Å². The lowest BCUT2D eigenvalue weighted by molar-refractivity contribution is 0.693. The average Bonchev–Trinajstić information content (AvgIpc) is 3.01. The molecule has 2 nitrogen and oxygen atoms in total. The Labute approximate surface area is 102 Å². The predicted octanol–water partition coefficient (Wildman–Crippen LogP) is 2.68. The zero-order valence-electron chi connectivity index (χ0n) is 9.79. The SMILES string of the molecule is Cc1ccccc1C(C)NC(=S)NC1CC1. The summed E-state index contributed by atoms with van der Waals surface area (Å²) in [5.41, 5.74) is 2.61. The van der Waals surface area contributed by atoms with Crippen LogP contribution in [-0.2, 0) is 0 Å². The maximum absolute atomic E-state index is 5.27. The molecular formula is C13H18N2S. The van der Waals surface area contributed by atoms with E-state index in [4.69, 9.17) is 12.2 Å². The van der Waals surface area contributed by atoms with Crippen LogP contribution >= 0.6 is 12.2 Å². The van der Waals surface area contributed by atoms with Crippen LogP contribution in [0.15, 0.2) is 24.3 Å². The molecular weight excluding hydrogens is 216 g/mol. The van der Waals surface area contributed by atoms with Crippen LogP contribution in [0, 0.1) is 6.92 Å². The molecule has 16 heavy (non-hydrogen) atoms. The topological polar surface area (TPSA) is 24.1 Å². The Bertz CT molecular complexity index is 385. The van der Waals surface area contributed by atoms with Crippen molar-refractivity contribution >= 4 is 17.3 Å². The molecule has 0 aromatic heterocycles. The molecule has 1 aromatic rings. The van der Waals surface area contributed by atoms with Gasteiger partial charge in [0.1, 0.15) is 0 Å². The van der Waals surface area contributed by atoms with Gasteiger partial charge in [-0.15, -0.1) is 0 Å². The van der Waals surface area contributed by atoms with Crippen LogP contribution in [0.5, 0.6) is 0 Å². The van der Waals surface area contributed by atoms with Gasteiger partial charge in [-0.25, -0.2) is 0 Å². The van der Waals surface area contributed by atoms with E-state index < -0.39 is 0 Å². The second-order valence-electron chi connectivity index (χ2n) is 4.47. The summed E-state index contributed by atoms with van der Waals surface area (Å²) in [6.07, 6.45) is 2.50. The molecule has 3 heteroatoms. The third-order valence-electron chi connectivity index (χ3n) is 2.92. The monoisotopic (exact) mass is 234 g/mol. The fourth-order valence-electron chi connectivity index (χ4n) is 1.80. The Kier molecular flexibility index (Phi) is 3.44. The molecule has 1 aliphatic rings. The Morgan fingerprint density at radius 3 is 2.69 bits per heavy atom. The molecule has 0 heterocycles. The van der Waals surface area contributed by atoms with Crippen molar-refractivity contribution < 1.29 is 0 Å². The molecule has 2 N–H and O–H groups in total. The minimum atomic E-state index is 0.264. The van der Waals surface area contributed by atoms with Crippen molar-refractivity contribution in [3.8, 4) is 0 Å². The molecule has 2 rings (SSSR count). The molecule has 1 unspecified atom stereocenters. The highest BCUT2D eigenvalue weighted by Gasteiger charge is 2.22. The Balaban J connectivity index is 1.93. The van der Waals surface area contributed by atoms with Crippen molar-refractivity contribution in [3.05, 3.63) is 35.4 Å². The molecule has 86 valence electrons. The first-order valence-electron chi connectivity index (χ1n) is 5.79. The van der Waals surface area contributed by atoms with Gasteiger partial charge in [0.05, 0.1) is 6.04 Å². The molecule has 1 saturated carbocycles. The number of hydrogen-bond donors (Lipinski definition) is 2. The van der Waals surface area contributed by atoms with E-state index in [9.17, 15) is 0 Å². The highest BCUT2D eigenvalue weighted by molar-refractivity contribution is 7.80. The van der Waals surface area contributed by atoms with E-state index in [0.717, 1.165) is 5.11 Å². The lowest BCUT2D eigenvalue weighted by Crippen LogP contribution is -2.38. The highest BCUT2D eigenvalue weighted by Crippen LogP contribution is 2.19. The lowest BCUT2D eigenvalue weighted by Gasteiger charge is -2.18. The van der Waals surface area contributed by atoms with Gasteiger partial charge < -0.3 is 10.6 Å². The van der Waals surface area contributed by atoms with Crippen LogP contribution in [0.2, 0.25) is 0 Å². The largest absolute Gasteiger partial charge is 0.360 e. The standard InChI is InChI=1S/C13H18N2S/c1-9-5-3-4-6-12(9)10(2)14-13(16)15-11-7-8-11/h3-6,10-11H,7-8H2,1-2H3,(H2,14,15,16). The number of nitrogens with one attached hydrogen (secondary N) is 2. The fraction of sp³-hybridized carbons (Fsp3) is 0.462. The van der Waals surface area contributed by atoms with E-state index in [-0.39, 0.29) is 6.04 Å². The summed E-state index contributed by atoms with van der Waals surface area (Å²) in [4.78, 5) is 0. The molecule has 1 fully saturated rings. The van der Waals surface area contributed by atoms with Crippen LogP contribution in [0.1, 0.15) is 36.9 Å². The summed E-state index contributed by atoms with van der Waals surface area (Å²) in [6.45, 7) is 4.27. The minimum absolute atomic E-state index is 0.264. The van der Waals surface area contributed by atoms with Gasteiger partial charge in [-0.2, -0.15) is 0 Å². The van der Waals surface area contributed by atoms with E-state index in [1.165, 1.54) is 24.0 Å². The summed E-state index contributed by atoms with van der Waals surface area (Å²) in [5, 5.41) is 7.40. The van der Waals surface area contributed by atoms with E-state index in [2.05, 4.69) is 48.7 Å². The van der Waals surface area contributed by atoms with Crippen molar-refractivity contribution in [2.24, 2.45) is 0 Å². The van der Waals surface area contributed by atoms with Crippen molar-refractivity contribution in [3.63, 3.8) is 0 Å². The summed E-state index contributed by atoms with van der Waals surface area (Å²) >= 11 is 5.27. The molecule has 1 atom stereocenters. The second kappa shape index (κ2) is 4.83. The number of aryl methyl sites for hydroxylation is 1. The average molecular weight is 234 g/mol. The first-order chi connectivity index (χ1) is 7.66. The van der Waals surface area contributed by atoms with Crippen molar-refractivity contribution in [2.75, 3.05) is 0 Å². The van der Waals surface area contributed by atoms with Gasteiger partial charge in [-0.3, -0.25) is 0 Å². The predicted molar refractivity (Wildman–Crippen MR) is 71.5 cm³/mol. The zero-order valence-corrected chi connectivity index (χ0v) is 10.6. The third kappa shape index (κ3) is 2.95. The van der Waals surface area contributed by atoms with Crippen LogP contribution in [-0.4, -0.2) is 11.2 Å². The van der Waals surface area contributed by atoms with E-state index in [1.807, 2.05) is 0 Å². The van der Waals surface area contributed by atoms with Gasteiger partial charge in [0.15, 0.2) is 5.11 Å². The van der Waals surface area contributed by atoms with Gasteiger partial charge in [0.2, 0.25) is 0 Å². The van der Waals surface area contributed by atoms with E-state index in [1.54, 1.807) is 0 Å². The summed E-state index contributed by atoms with van der Waals surface area (Å²) in [6, 6.07) is 9.28. The maximum atomic E-state index is 5.27. The quantitative estimate of drug-likeness (QED) is 0.786. The summed E-state index contributed by atoms with van der Waals surface area (Å²) in [7, 11) is 0. The molecule has 0 bridgehead atoms. The Morgan fingerprint density at radius 1 is 1.38 bits per heavy atom. The smallest absolute Gasteiger partial charge is 0.166 e. The van der Waals surface area contributed by atoms with E-state index in [0.29, 0.717) is 6.04 Å². The fourth-order valence-corrected chi connectivity index (χ4v) is 2.15.